The van der Waals surface area contributed by atoms with Gasteiger partial charge >= 0.3 is 0 Å². The molecule has 0 unspecified atom stereocenters. The first kappa shape index (κ1) is 18.8. The second-order valence-corrected chi connectivity index (χ2v) is 7.37. The number of rotatable bonds is 4. The number of hydrogen-bond acceptors (Lipinski definition) is 1. The van der Waals surface area contributed by atoms with E-state index in [1.54, 1.807) is 0 Å². The van der Waals surface area contributed by atoms with E-state index in [0.717, 1.165) is 31.1 Å². The lowest BCUT2D eigenvalue weighted by Crippen LogP contribution is -2.30. The summed E-state index contributed by atoms with van der Waals surface area (Å²) in [7, 11) is 0. The monoisotopic (exact) mass is 381 g/mol. The van der Waals surface area contributed by atoms with Gasteiger partial charge in [0, 0.05) is 30.8 Å². The summed E-state index contributed by atoms with van der Waals surface area (Å²) < 4.78 is 41.6. The van der Waals surface area contributed by atoms with E-state index in [2.05, 4.69) is 35.2 Å². The molecular formula is C24H22F3N. The molecule has 0 radical (unpaired) electrons. The van der Waals surface area contributed by atoms with E-state index < -0.39 is 17.5 Å². The van der Waals surface area contributed by atoms with Crippen LogP contribution in [0.3, 0.4) is 0 Å². The van der Waals surface area contributed by atoms with E-state index in [4.69, 9.17) is 0 Å². The summed E-state index contributed by atoms with van der Waals surface area (Å²) in [4.78, 5) is 2.29. The van der Waals surface area contributed by atoms with Crippen molar-refractivity contribution >= 4 is 16.3 Å². The molecule has 0 saturated carbocycles. The highest BCUT2D eigenvalue weighted by molar-refractivity contribution is 5.83. The molecule has 0 atom stereocenters. The summed E-state index contributed by atoms with van der Waals surface area (Å²) >= 11 is 0. The maximum atomic E-state index is 14.4. The Hall–Kier alpha value is -2.59. The highest BCUT2D eigenvalue weighted by Crippen LogP contribution is 2.29. The average molecular weight is 381 g/mol. The third-order valence-corrected chi connectivity index (χ3v) is 5.55. The molecule has 0 aliphatic carbocycles. The molecule has 1 aliphatic heterocycles. The first-order valence-electron chi connectivity index (χ1n) is 9.56. The summed E-state index contributed by atoms with van der Waals surface area (Å²) in [5, 5.41) is 2.48. The van der Waals surface area contributed by atoms with Crippen molar-refractivity contribution < 1.29 is 13.2 Å². The van der Waals surface area contributed by atoms with Crippen molar-refractivity contribution in [3.05, 3.63) is 88.7 Å². The second-order valence-electron chi connectivity index (χ2n) is 7.37. The van der Waals surface area contributed by atoms with Crippen molar-refractivity contribution in [2.24, 2.45) is 0 Å². The topological polar surface area (TPSA) is 3.24 Å². The second kappa shape index (κ2) is 7.80. The molecule has 1 heterocycles. The average Bonchev–Trinajstić information content (AvgIpc) is 2.73. The summed E-state index contributed by atoms with van der Waals surface area (Å²) in [5.41, 5.74) is 1.97. The Balaban J connectivity index is 1.43. The Morgan fingerprint density at radius 2 is 1.71 bits per heavy atom. The van der Waals surface area contributed by atoms with Gasteiger partial charge in [0.05, 0.1) is 0 Å². The molecule has 0 amide bonds. The van der Waals surface area contributed by atoms with E-state index in [1.807, 2.05) is 18.2 Å². The first-order chi connectivity index (χ1) is 13.5. The highest BCUT2D eigenvalue weighted by atomic mass is 19.2. The van der Waals surface area contributed by atoms with E-state index in [0.29, 0.717) is 13.0 Å². The first-order valence-corrected chi connectivity index (χ1v) is 9.56. The van der Waals surface area contributed by atoms with Gasteiger partial charge in [-0.05, 0) is 47.7 Å². The van der Waals surface area contributed by atoms with Gasteiger partial charge in [-0.1, -0.05) is 48.5 Å². The van der Waals surface area contributed by atoms with Gasteiger partial charge in [-0.2, -0.15) is 0 Å². The van der Waals surface area contributed by atoms with Gasteiger partial charge in [0.15, 0.2) is 11.6 Å². The molecule has 1 nitrogen and oxygen atoms in total. The number of fused-ring (bicyclic) bond motifs is 1. The lowest BCUT2D eigenvalue weighted by molar-refractivity contribution is 0.305. The van der Waals surface area contributed by atoms with E-state index >= 15 is 0 Å². The van der Waals surface area contributed by atoms with Gasteiger partial charge in [-0.3, -0.25) is 4.90 Å². The molecule has 0 saturated heterocycles. The van der Waals surface area contributed by atoms with Gasteiger partial charge in [0.1, 0.15) is 5.82 Å². The van der Waals surface area contributed by atoms with Crippen LogP contribution in [0.2, 0.25) is 0 Å². The zero-order chi connectivity index (χ0) is 19.7. The van der Waals surface area contributed by atoms with E-state index in [1.165, 1.54) is 23.3 Å². The van der Waals surface area contributed by atoms with Crippen LogP contribution in [-0.2, 0) is 6.42 Å². The van der Waals surface area contributed by atoms with Crippen molar-refractivity contribution in [1.29, 1.82) is 0 Å². The summed E-state index contributed by atoms with van der Waals surface area (Å²) in [6, 6.07) is 15.8. The van der Waals surface area contributed by atoms with Crippen molar-refractivity contribution in [2.75, 3.05) is 19.6 Å². The zero-order valence-corrected chi connectivity index (χ0v) is 15.8. The van der Waals surface area contributed by atoms with Gasteiger partial charge < -0.3 is 0 Å². The van der Waals surface area contributed by atoms with Crippen LogP contribution in [0.25, 0.3) is 16.3 Å². The molecule has 3 aromatic rings. The SMILES string of the molecule is Cc1c(F)c(F)cc(C2=CCN(CCc3ccc4ccccc4c3)CC2)c1F. The molecule has 1 aliphatic rings. The Morgan fingerprint density at radius 3 is 2.46 bits per heavy atom. The maximum absolute atomic E-state index is 14.4. The molecule has 4 heteroatoms. The molecule has 0 spiro atoms. The third-order valence-electron chi connectivity index (χ3n) is 5.55. The smallest absolute Gasteiger partial charge is 0.164 e. The molecule has 0 fully saturated rings. The molecule has 0 N–H and O–H groups in total. The molecule has 28 heavy (non-hydrogen) atoms. The fraction of sp³-hybridized carbons (Fsp3) is 0.250. The van der Waals surface area contributed by atoms with Crippen LogP contribution in [0.1, 0.15) is 23.1 Å². The Bertz CT molecular complexity index is 1060. The van der Waals surface area contributed by atoms with Crippen molar-refractivity contribution in [1.82, 2.24) is 4.90 Å². The molecule has 4 rings (SSSR count). The van der Waals surface area contributed by atoms with Crippen LogP contribution in [0.4, 0.5) is 13.2 Å². The fourth-order valence-electron chi connectivity index (χ4n) is 3.81. The lowest BCUT2D eigenvalue weighted by Gasteiger charge is -2.27. The van der Waals surface area contributed by atoms with Crippen molar-refractivity contribution in [3.63, 3.8) is 0 Å². The van der Waals surface area contributed by atoms with Crippen LogP contribution in [0, 0.1) is 24.4 Å². The number of nitrogens with zero attached hydrogens (tertiary/aromatic N) is 1. The van der Waals surface area contributed by atoms with Crippen LogP contribution < -0.4 is 0 Å². The molecule has 0 aromatic heterocycles. The zero-order valence-electron chi connectivity index (χ0n) is 15.8. The Morgan fingerprint density at radius 1 is 0.929 bits per heavy atom. The molecule has 3 aromatic carbocycles. The third kappa shape index (κ3) is 3.69. The van der Waals surface area contributed by atoms with Crippen molar-refractivity contribution in [2.45, 2.75) is 19.8 Å². The summed E-state index contributed by atoms with van der Waals surface area (Å²) in [6.45, 7) is 3.63. The predicted octanol–water partition coefficient (Wildman–Crippen LogP) is 5.90. The minimum atomic E-state index is -1.10. The van der Waals surface area contributed by atoms with Gasteiger partial charge in [-0.15, -0.1) is 0 Å². The number of hydrogen-bond donors (Lipinski definition) is 0. The van der Waals surface area contributed by atoms with Crippen LogP contribution in [0.15, 0.2) is 54.6 Å². The van der Waals surface area contributed by atoms with Crippen LogP contribution >= 0.6 is 0 Å². The van der Waals surface area contributed by atoms with Crippen LogP contribution in [0.5, 0.6) is 0 Å². The Kier molecular flexibility index (Phi) is 5.23. The highest BCUT2D eigenvalue weighted by Gasteiger charge is 2.20. The van der Waals surface area contributed by atoms with Gasteiger partial charge in [-0.25, -0.2) is 13.2 Å². The quantitative estimate of drug-likeness (QED) is 0.509. The maximum Gasteiger partial charge on any atom is 0.164 e. The molecule has 0 bridgehead atoms. The van der Waals surface area contributed by atoms with Gasteiger partial charge in [0.2, 0.25) is 0 Å². The summed E-state index contributed by atoms with van der Waals surface area (Å²) in [6.07, 6.45) is 3.49. The van der Waals surface area contributed by atoms with E-state index in [9.17, 15) is 13.2 Å². The van der Waals surface area contributed by atoms with Crippen molar-refractivity contribution in [3.8, 4) is 0 Å². The Labute approximate surface area is 163 Å². The van der Waals surface area contributed by atoms with Crippen LogP contribution in [-0.4, -0.2) is 24.5 Å². The number of benzene rings is 3. The summed E-state index contributed by atoms with van der Waals surface area (Å²) in [5.74, 6) is -2.75. The number of halogens is 3. The molecule has 144 valence electrons. The normalized spacial score (nSPS) is 15.1. The minimum absolute atomic E-state index is 0.186. The standard InChI is InChI=1S/C24H22F3N/c1-16-23(26)21(15-22(25)24(16)27)19-9-12-28(13-10-19)11-8-17-6-7-18-4-2-3-5-20(18)14-17/h2-7,9,14-15H,8,10-13H2,1H3. The minimum Gasteiger partial charge on any atom is -0.299 e. The lowest BCUT2D eigenvalue weighted by atomic mass is 9.96. The predicted molar refractivity (Wildman–Crippen MR) is 108 cm³/mol. The fourth-order valence-corrected chi connectivity index (χ4v) is 3.81. The largest absolute Gasteiger partial charge is 0.299 e. The van der Waals surface area contributed by atoms with E-state index in [-0.39, 0.29) is 11.1 Å². The van der Waals surface area contributed by atoms with Gasteiger partial charge in [0.25, 0.3) is 0 Å². The molecular weight excluding hydrogens is 359 g/mol.